The monoisotopic (exact) mass is 535 g/mol. The molecule has 0 unspecified atom stereocenters. The molecule has 0 spiro atoms. The van der Waals surface area contributed by atoms with Crippen LogP contribution in [0, 0.1) is 0 Å². The van der Waals surface area contributed by atoms with E-state index in [9.17, 15) is 8.78 Å². The number of benzene rings is 2. The maximum atomic E-state index is 12.6. The van der Waals surface area contributed by atoms with E-state index in [4.69, 9.17) is 9.47 Å². The topological polar surface area (TPSA) is 64.1 Å². The van der Waals surface area contributed by atoms with Gasteiger partial charge in [0.25, 0.3) is 0 Å². The largest absolute Gasteiger partial charge is 0.497 e. The van der Waals surface area contributed by atoms with Crippen LogP contribution in [0.1, 0.15) is 18.1 Å². The molecule has 0 aliphatic carbocycles. The molecular formula is C21H28F2IN3O3. The van der Waals surface area contributed by atoms with Gasteiger partial charge in [-0.1, -0.05) is 18.2 Å². The zero-order valence-corrected chi connectivity index (χ0v) is 19.6. The highest BCUT2D eigenvalue weighted by molar-refractivity contribution is 14.0. The number of nitrogens with one attached hydrogen (secondary N) is 2. The van der Waals surface area contributed by atoms with E-state index < -0.39 is 6.61 Å². The Balaban J connectivity index is 0.00000450. The van der Waals surface area contributed by atoms with E-state index in [0.29, 0.717) is 25.5 Å². The molecule has 0 atom stereocenters. The first kappa shape index (κ1) is 25.7. The van der Waals surface area contributed by atoms with E-state index in [-0.39, 0.29) is 35.5 Å². The Hall–Kier alpha value is -2.30. The van der Waals surface area contributed by atoms with Crippen LogP contribution >= 0.6 is 24.0 Å². The minimum atomic E-state index is -2.90. The number of methoxy groups -OCH3 is 2. The Kier molecular flexibility index (Phi) is 11.9. The third-order valence-electron chi connectivity index (χ3n) is 4.07. The van der Waals surface area contributed by atoms with Gasteiger partial charge in [-0.3, -0.25) is 0 Å². The third-order valence-corrected chi connectivity index (χ3v) is 4.07. The number of rotatable bonds is 10. The molecule has 6 nitrogen and oxygen atoms in total. The van der Waals surface area contributed by atoms with Gasteiger partial charge in [-0.05, 0) is 48.7 Å². The van der Waals surface area contributed by atoms with Crippen LogP contribution in [0.15, 0.2) is 47.5 Å². The van der Waals surface area contributed by atoms with E-state index in [1.165, 1.54) is 7.11 Å². The normalized spacial score (nSPS) is 10.9. The second kappa shape index (κ2) is 13.8. The van der Waals surface area contributed by atoms with Crippen LogP contribution in [0.3, 0.4) is 0 Å². The smallest absolute Gasteiger partial charge is 0.387 e. The van der Waals surface area contributed by atoms with E-state index in [0.717, 1.165) is 23.4 Å². The summed E-state index contributed by atoms with van der Waals surface area (Å²) >= 11 is 0. The zero-order valence-electron chi connectivity index (χ0n) is 17.3. The molecule has 0 aliphatic heterocycles. The molecule has 0 saturated heterocycles. The molecule has 0 bridgehead atoms. The maximum absolute atomic E-state index is 12.6. The predicted molar refractivity (Wildman–Crippen MR) is 125 cm³/mol. The summed E-state index contributed by atoms with van der Waals surface area (Å²) in [7, 11) is 3.04. The zero-order chi connectivity index (χ0) is 21.1. The van der Waals surface area contributed by atoms with Crippen molar-refractivity contribution in [2.24, 2.45) is 4.99 Å². The lowest BCUT2D eigenvalue weighted by Gasteiger charge is -2.13. The number of guanidine groups is 1. The quantitative estimate of drug-likeness (QED) is 0.271. The summed E-state index contributed by atoms with van der Waals surface area (Å²) in [4.78, 5) is 4.56. The summed E-state index contributed by atoms with van der Waals surface area (Å²) in [5.41, 5.74) is 1.91. The second-order valence-electron chi connectivity index (χ2n) is 6.08. The van der Waals surface area contributed by atoms with Crippen molar-refractivity contribution in [1.29, 1.82) is 0 Å². The van der Waals surface area contributed by atoms with Crippen LogP contribution in [0.5, 0.6) is 17.2 Å². The standard InChI is InChI=1S/C21H27F2N3O3.HI/c1-4-24-21(26-14-16-5-8-17(27-2)9-6-16)25-12-11-15-7-10-18(28-3)19(13-15)29-20(22)23;/h5-10,13,20H,4,11-12,14H2,1-3H3,(H2,24,25,26);1H. The molecule has 166 valence electrons. The molecule has 2 aromatic rings. The number of alkyl halides is 2. The van der Waals surface area contributed by atoms with Gasteiger partial charge in [0.15, 0.2) is 17.5 Å². The highest BCUT2D eigenvalue weighted by atomic mass is 127. The van der Waals surface area contributed by atoms with E-state index >= 15 is 0 Å². The van der Waals surface area contributed by atoms with Crippen molar-refractivity contribution >= 4 is 29.9 Å². The van der Waals surface area contributed by atoms with Crippen LogP contribution in [0.4, 0.5) is 8.78 Å². The molecule has 2 aromatic carbocycles. The molecule has 2 rings (SSSR count). The minimum absolute atomic E-state index is 0. The highest BCUT2D eigenvalue weighted by Gasteiger charge is 2.11. The fraction of sp³-hybridized carbons (Fsp3) is 0.381. The predicted octanol–water partition coefficient (Wildman–Crippen LogP) is 4.22. The van der Waals surface area contributed by atoms with Crippen LogP contribution in [0.2, 0.25) is 0 Å². The maximum Gasteiger partial charge on any atom is 0.387 e. The lowest BCUT2D eigenvalue weighted by Crippen LogP contribution is -2.38. The van der Waals surface area contributed by atoms with Crippen LogP contribution < -0.4 is 24.8 Å². The first-order valence-electron chi connectivity index (χ1n) is 9.32. The number of aliphatic imine (C=N–C) groups is 1. The van der Waals surface area contributed by atoms with Crippen molar-refractivity contribution in [2.45, 2.75) is 26.5 Å². The van der Waals surface area contributed by atoms with Gasteiger partial charge >= 0.3 is 6.61 Å². The lowest BCUT2D eigenvalue weighted by atomic mass is 10.1. The van der Waals surface area contributed by atoms with Crippen molar-refractivity contribution in [3.8, 4) is 17.2 Å². The number of hydrogen-bond donors (Lipinski definition) is 2. The van der Waals surface area contributed by atoms with Crippen molar-refractivity contribution < 1.29 is 23.0 Å². The Labute approximate surface area is 193 Å². The Morgan fingerprint density at radius 2 is 1.67 bits per heavy atom. The van der Waals surface area contributed by atoms with Gasteiger partial charge in [0, 0.05) is 13.1 Å². The fourth-order valence-electron chi connectivity index (χ4n) is 2.63. The average Bonchev–Trinajstić information content (AvgIpc) is 2.72. The van der Waals surface area contributed by atoms with Gasteiger partial charge in [0.1, 0.15) is 5.75 Å². The summed E-state index contributed by atoms with van der Waals surface area (Å²) in [6.07, 6.45) is 0.608. The number of nitrogens with zero attached hydrogens (tertiary/aromatic N) is 1. The second-order valence-corrected chi connectivity index (χ2v) is 6.08. The van der Waals surface area contributed by atoms with Crippen molar-refractivity contribution in [3.63, 3.8) is 0 Å². The van der Waals surface area contributed by atoms with Gasteiger partial charge in [-0.15, -0.1) is 24.0 Å². The first-order valence-corrected chi connectivity index (χ1v) is 9.32. The minimum Gasteiger partial charge on any atom is -0.497 e. The lowest BCUT2D eigenvalue weighted by molar-refractivity contribution is -0.0512. The summed E-state index contributed by atoms with van der Waals surface area (Å²) in [6, 6.07) is 12.7. The van der Waals surface area contributed by atoms with E-state index in [1.807, 2.05) is 37.3 Å². The van der Waals surface area contributed by atoms with Gasteiger partial charge in [-0.2, -0.15) is 8.78 Å². The van der Waals surface area contributed by atoms with Crippen LogP contribution in [-0.4, -0.2) is 39.9 Å². The number of hydrogen-bond acceptors (Lipinski definition) is 4. The van der Waals surface area contributed by atoms with Crippen molar-refractivity contribution in [2.75, 3.05) is 27.3 Å². The van der Waals surface area contributed by atoms with Gasteiger partial charge in [0.2, 0.25) is 0 Å². The Morgan fingerprint density at radius 1 is 0.967 bits per heavy atom. The number of ether oxygens (including phenoxy) is 3. The summed E-state index contributed by atoms with van der Waals surface area (Å²) < 4.78 is 39.8. The Morgan fingerprint density at radius 3 is 2.27 bits per heavy atom. The summed E-state index contributed by atoms with van der Waals surface area (Å²) in [6.45, 7) is 0.914. The van der Waals surface area contributed by atoms with Crippen molar-refractivity contribution in [1.82, 2.24) is 10.6 Å². The van der Waals surface area contributed by atoms with Crippen LogP contribution in [-0.2, 0) is 13.0 Å². The molecule has 30 heavy (non-hydrogen) atoms. The van der Waals surface area contributed by atoms with E-state index in [2.05, 4.69) is 20.4 Å². The van der Waals surface area contributed by atoms with E-state index in [1.54, 1.807) is 19.2 Å². The van der Waals surface area contributed by atoms with Gasteiger partial charge < -0.3 is 24.8 Å². The average molecular weight is 535 g/mol. The molecule has 0 aromatic heterocycles. The molecule has 2 N–H and O–H groups in total. The highest BCUT2D eigenvalue weighted by Crippen LogP contribution is 2.29. The van der Waals surface area contributed by atoms with Crippen molar-refractivity contribution in [3.05, 3.63) is 53.6 Å². The SMILES string of the molecule is CCNC(=NCc1ccc(OC)cc1)NCCc1ccc(OC)c(OC(F)F)c1.I. The molecule has 0 saturated carbocycles. The summed E-state index contributed by atoms with van der Waals surface area (Å²) in [5.74, 6) is 1.79. The molecule has 0 aliphatic rings. The fourth-order valence-corrected chi connectivity index (χ4v) is 2.63. The Bertz CT molecular complexity index is 790. The molecule has 0 heterocycles. The molecule has 0 amide bonds. The van der Waals surface area contributed by atoms with Gasteiger partial charge in [-0.25, -0.2) is 4.99 Å². The molecule has 0 radical (unpaired) electrons. The summed E-state index contributed by atoms with van der Waals surface area (Å²) in [5, 5.41) is 6.43. The first-order chi connectivity index (χ1) is 14.0. The third kappa shape index (κ3) is 8.60. The van der Waals surface area contributed by atoms with Gasteiger partial charge in [0.05, 0.1) is 20.8 Å². The molecule has 0 fully saturated rings. The number of halogens is 3. The van der Waals surface area contributed by atoms with Crippen LogP contribution in [0.25, 0.3) is 0 Å². The molecular weight excluding hydrogens is 507 g/mol. The molecule has 9 heteroatoms.